The number of hydrogen-bond donors (Lipinski definition) is 1. The van der Waals surface area contributed by atoms with Gasteiger partial charge in [0.2, 0.25) is 5.91 Å². The molecule has 1 saturated heterocycles. The maximum Gasteiger partial charge on any atom is 0.222 e. The number of amides is 1. The molecule has 1 aliphatic heterocycles. The predicted molar refractivity (Wildman–Crippen MR) is 86.2 cm³/mol. The Bertz CT molecular complexity index is 533. The molecule has 1 aliphatic rings. The first-order valence-corrected chi connectivity index (χ1v) is 7.70. The molecule has 122 valence electrons. The summed E-state index contributed by atoms with van der Waals surface area (Å²) in [6, 6.07) is 5.66. The Kier molecular flexibility index (Phi) is 5.29. The molecule has 0 aliphatic carbocycles. The second kappa shape index (κ2) is 7.01. The first kappa shape index (κ1) is 16.6. The van der Waals surface area contributed by atoms with E-state index in [1.165, 1.54) is 0 Å². The Balaban J connectivity index is 1.97. The fourth-order valence-corrected chi connectivity index (χ4v) is 2.88. The molecule has 0 saturated carbocycles. The fourth-order valence-electron chi connectivity index (χ4n) is 2.88. The van der Waals surface area contributed by atoms with Gasteiger partial charge in [0.05, 0.1) is 14.2 Å². The van der Waals surface area contributed by atoms with Crippen LogP contribution in [0.4, 0.5) is 0 Å². The molecule has 1 unspecified atom stereocenters. The van der Waals surface area contributed by atoms with Crippen molar-refractivity contribution in [3.8, 4) is 11.5 Å². The van der Waals surface area contributed by atoms with Crippen LogP contribution in [0.25, 0.3) is 0 Å². The zero-order chi connectivity index (χ0) is 16.2. The molecule has 0 bridgehead atoms. The molecule has 2 rings (SSSR count). The third-order valence-electron chi connectivity index (χ3n) is 4.50. The van der Waals surface area contributed by atoms with Gasteiger partial charge in [0.1, 0.15) is 11.5 Å². The average Bonchev–Trinajstić information content (AvgIpc) is 2.95. The number of nitrogens with zero attached hydrogens (tertiary/aromatic N) is 1. The molecule has 1 heterocycles. The zero-order valence-corrected chi connectivity index (χ0v) is 13.7. The predicted octanol–water partition coefficient (Wildman–Crippen LogP) is 1.83. The van der Waals surface area contributed by atoms with Crippen molar-refractivity contribution in [1.82, 2.24) is 4.90 Å². The topological polar surface area (TPSA) is 64.8 Å². The molecule has 1 atom stereocenters. The molecule has 0 aromatic heterocycles. The third kappa shape index (κ3) is 3.71. The van der Waals surface area contributed by atoms with Crippen LogP contribution in [0.15, 0.2) is 18.2 Å². The number of carbonyl (C=O) groups excluding carboxylic acids is 1. The van der Waals surface area contributed by atoms with Gasteiger partial charge in [-0.25, -0.2) is 0 Å². The van der Waals surface area contributed by atoms with E-state index in [0.717, 1.165) is 36.6 Å². The van der Waals surface area contributed by atoms with E-state index in [9.17, 15) is 4.79 Å². The van der Waals surface area contributed by atoms with Gasteiger partial charge in [-0.2, -0.15) is 0 Å². The monoisotopic (exact) mass is 306 g/mol. The van der Waals surface area contributed by atoms with E-state index in [-0.39, 0.29) is 11.3 Å². The molecule has 22 heavy (non-hydrogen) atoms. The van der Waals surface area contributed by atoms with E-state index in [1.54, 1.807) is 14.2 Å². The Hall–Kier alpha value is -1.75. The Labute approximate surface area is 132 Å². The van der Waals surface area contributed by atoms with Gasteiger partial charge in [-0.05, 0) is 48.6 Å². The van der Waals surface area contributed by atoms with Crippen LogP contribution >= 0.6 is 0 Å². The molecule has 1 amide bonds. The lowest BCUT2D eigenvalue weighted by molar-refractivity contribution is -0.130. The van der Waals surface area contributed by atoms with Gasteiger partial charge < -0.3 is 20.1 Å². The van der Waals surface area contributed by atoms with Crippen molar-refractivity contribution in [2.75, 3.05) is 33.9 Å². The van der Waals surface area contributed by atoms with Crippen LogP contribution in [0.5, 0.6) is 11.5 Å². The van der Waals surface area contributed by atoms with Crippen molar-refractivity contribution >= 4 is 5.91 Å². The van der Waals surface area contributed by atoms with E-state index in [0.29, 0.717) is 19.4 Å². The van der Waals surface area contributed by atoms with Crippen LogP contribution in [0.3, 0.4) is 0 Å². The summed E-state index contributed by atoms with van der Waals surface area (Å²) >= 11 is 0. The van der Waals surface area contributed by atoms with E-state index in [1.807, 2.05) is 23.1 Å². The molecule has 1 aromatic rings. The summed E-state index contributed by atoms with van der Waals surface area (Å²) in [6.07, 6.45) is 2.11. The SMILES string of the molecule is COc1ccc(OC)c(CCC(=O)N2CCC(C)(CN)C2)c1. The van der Waals surface area contributed by atoms with E-state index in [2.05, 4.69) is 6.92 Å². The van der Waals surface area contributed by atoms with Crippen molar-refractivity contribution in [2.24, 2.45) is 11.1 Å². The summed E-state index contributed by atoms with van der Waals surface area (Å²) in [5, 5.41) is 0. The summed E-state index contributed by atoms with van der Waals surface area (Å²) in [5.41, 5.74) is 6.87. The minimum Gasteiger partial charge on any atom is -0.497 e. The van der Waals surface area contributed by atoms with Gasteiger partial charge in [-0.1, -0.05) is 6.92 Å². The second-order valence-electron chi connectivity index (χ2n) is 6.26. The third-order valence-corrected chi connectivity index (χ3v) is 4.50. The molecule has 1 aromatic carbocycles. The number of methoxy groups -OCH3 is 2. The summed E-state index contributed by atoms with van der Waals surface area (Å²) in [6.45, 7) is 4.34. The first-order valence-electron chi connectivity index (χ1n) is 7.70. The quantitative estimate of drug-likeness (QED) is 0.871. The number of aryl methyl sites for hydroxylation is 1. The van der Waals surface area contributed by atoms with Crippen molar-refractivity contribution in [1.29, 1.82) is 0 Å². The van der Waals surface area contributed by atoms with Crippen LogP contribution in [0, 0.1) is 5.41 Å². The van der Waals surface area contributed by atoms with Crippen LogP contribution in [0.2, 0.25) is 0 Å². The number of rotatable bonds is 6. The van der Waals surface area contributed by atoms with Gasteiger partial charge >= 0.3 is 0 Å². The van der Waals surface area contributed by atoms with Crippen molar-refractivity contribution in [3.63, 3.8) is 0 Å². The highest BCUT2D eigenvalue weighted by Gasteiger charge is 2.34. The van der Waals surface area contributed by atoms with Crippen molar-refractivity contribution < 1.29 is 14.3 Å². The van der Waals surface area contributed by atoms with Crippen LogP contribution in [0.1, 0.15) is 25.3 Å². The van der Waals surface area contributed by atoms with Crippen molar-refractivity contribution in [2.45, 2.75) is 26.2 Å². The van der Waals surface area contributed by atoms with Crippen LogP contribution < -0.4 is 15.2 Å². The summed E-state index contributed by atoms with van der Waals surface area (Å²) in [4.78, 5) is 14.3. The van der Waals surface area contributed by atoms with Gasteiger partial charge in [0, 0.05) is 19.5 Å². The van der Waals surface area contributed by atoms with E-state index in [4.69, 9.17) is 15.2 Å². The standard InChI is InChI=1S/C17H26N2O3/c1-17(11-18)8-9-19(12-17)16(20)7-4-13-10-14(21-2)5-6-15(13)22-3/h5-6,10H,4,7-9,11-12,18H2,1-3H3. The number of ether oxygens (including phenoxy) is 2. The number of benzene rings is 1. The maximum absolute atomic E-state index is 12.4. The van der Waals surface area contributed by atoms with Crippen LogP contribution in [-0.4, -0.2) is 44.7 Å². The van der Waals surface area contributed by atoms with E-state index < -0.39 is 0 Å². The lowest BCUT2D eigenvalue weighted by Gasteiger charge is -2.22. The van der Waals surface area contributed by atoms with Gasteiger partial charge in [-0.3, -0.25) is 4.79 Å². The minimum atomic E-state index is 0.0727. The van der Waals surface area contributed by atoms with E-state index >= 15 is 0 Å². The Morgan fingerprint density at radius 3 is 2.73 bits per heavy atom. The number of hydrogen-bond acceptors (Lipinski definition) is 4. The molecule has 5 heteroatoms. The maximum atomic E-state index is 12.4. The molecule has 2 N–H and O–H groups in total. The van der Waals surface area contributed by atoms with Crippen molar-refractivity contribution in [3.05, 3.63) is 23.8 Å². The number of nitrogens with two attached hydrogens (primary N) is 1. The van der Waals surface area contributed by atoms with Gasteiger partial charge in [0.15, 0.2) is 0 Å². The Morgan fingerprint density at radius 1 is 1.36 bits per heavy atom. The minimum absolute atomic E-state index is 0.0727. The average molecular weight is 306 g/mol. The zero-order valence-electron chi connectivity index (χ0n) is 13.7. The van der Waals surface area contributed by atoms with Crippen LogP contribution in [-0.2, 0) is 11.2 Å². The molecular formula is C17H26N2O3. The first-order chi connectivity index (χ1) is 10.5. The summed E-state index contributed by atoms with van der Waals surface area (Å²) < 4.78 is 10.6. The van der Waals surface area contributed by atoms with Gasteiger partial charge in [-0.15, -0.1) is 0 Å². The number of carbonyl (C=O) groups is 1. The van der Waals surface area contributed by atoms with Gasteiger partial charge in [0.25, 0.3) is 0 Å². The smallest absolute Gasteiger partial charge is 0.222 e. The molecular weight excluding hydrogens is 280 g/mol. The summed E-state index contributed by atoms with van der Waals surface area (Å²) in [5.74, 6) is 1.75. The lowest BCUT2D eigenvalue weighted by Crippen LogP contribution is -2.34. The largest absolute Gasteiger partial charge is 0.497 e. The highest BCUT2D eigenvalue weighted by Crippen LogP contribution is 2.30. The lowest BCUT2D eigenvalue weighted by atomic mass is 9.90. The molecule has 0 spiro atoms. The normalized spacial score (nSPS) is 21.0. The molecule has 5 nitrogen and oxygen atoms in total. The highest BCUT2D eigenvalue weighted by atomic mass is 16.5. The Morgan fingerprint density at radius 2 is 2.14 bits per heavy atom. The summed E-state index contributed by atoms with van der Waals surface area (Å²) in [7, 11) is 3.27. The second-order valence-corrected chi connectivity index (χ2v) is 6.26. The number of likely N-dealkylation sites (tertiary alicyclic amines) is 1. The highest BCUT2D eigenvalue weighted by molar-refractivity contribution is 5.77. The fraction of sp³-hybridized carbons (Fsp3) is 0.588. The molecule has 0 radical (unpaired) electrons. The molecule has 1 fully saturated rings.